The third kappa shape index (κ3) is 2.52. The van der Waals surface area contributed by atoms with Crippen molar-refractivity contribution in [3.05, 3.63) is 37.8 Å². The number of thiophene rings is 1. The Morgan fingerprint density at radius 1 is 1.45 bits per heavy atom. The van der Waals surface area contributed by atoms with Crippen molar-refractivity contribution in [3.8, 4) is 0 Å². The van der Waals surface area contributed by atoms with Crippen molar-refractivity contribution in [2.24, 2.45) is 12.8 Å². The fraction of sp³-hybridized carbons (Fsp3) is 0.533. The molecule has 0 saturated carbocycles. The first-order chi connectivity index (χ1) is 9.56. The smallest absolute Gasteiger partial charge is 0.130 e. The van der Waals surface area contributed by atoms with Crippen molar-refractivity contribution >= 4 is 22.9 Å². The van der Waals surface area contributed by atoms with Crippen LogP contribution in [-0.2, 0) is 26.3 Å². The molecule has 3 rings (SSSR count). The number of halogens is 1. The number of aryl methyl sites for hydroxylation is 4. The van der Waals surface area contributed by atoms with E-state index >= 15 is 0 Å². The van der Waals surface area contributed by atoms with E-state index in [1.54, 1.807) is 4.68 Å². The van der Waals surface area contributed by atoms with Crippen LogP contribution in [0.5, 0.6) is 0 Å². The van der Waals surface area contributed by atoms with Gasteiger partial charge in [0.25, 0.3) is 0 Å². The Bertz CT molecular complexity index is 606. The molecule has 1 aliphatic carbocycles. The number of fused-ring (bicyclic) bond motifs is 1. The molecule has 3 nitrogen and oxygen atoms in total. The van der Waals surface area contributed by atoms with Gasteiger partial charge < -0.3 is 5.73 Å². The van der Waals surface area contributed by atoms with Crippen molar-refractivity contribution < 1.29 is 0 Å². The summed E-state index contributed by atoms with van der Waals surface area (Å²) in [7, 11) is 1.87. The average molecular weight is 310 g/mol. The Morgan fingerprint density at radius 2 is 2.20 bits per heavy atom. The van der Waals surface area contributed by atoms with Crippen molar-refractivity contribution in [2.75, 3.05) is 0 Å². The predicted molar refractivity (Wildman–Crippen MR) is 84.5 cm³/mol. The first kappa shape index (κ1) is 14.1. The third-order valence-corrected chi connectivity index (χ3v) is 5.92. The summed E-state index contributed by atoms with van der Waals surface area (Å²) in [5, 5.41) is 5.06. The highest BCUT2D eigenvalue weighted by Crippen LogP contribution is 2.34. The van der Waals surface area contributed by atoms with Gasteiger partial charge >= 0.3 is 0 Å². The number of nitrogens with two attached hydrogens (primary N) is 1. The van der Waals surface area contributed by atoms with E-state index in [1.165, 1.54) is 41.0 Å². The van der Waals surface area contributed by atoms with E-state index in [4.69, 9.17) is 17.3 Å². The molecule has 2 N–H and O–H groups in total. The lowest BCUT2D eigenvalue weighted by molar-refractivity contribution is 0.695. The summed E-state index contributed by atoms with van der Waals surface area (Å²) < 4.78 is 1.72. The minimum atomic E-state index is 0.0194. The van der Waals surface area contributed by atoms with E-state index in [2.05, 4.69) is 11.2 Å². The second-order valence-corrected chi connectivity index (χ2v) is 7.12. The molecular weight excluding hydrogens is 290 g/mol. The monoisotopic (exact) mass is 309 g/mol. The maximum absolute atomic E-state index is 6.40. The van der Waals surface area contributed by atoms with Gasteiger partial charge in [-0.15, -0.1) is 11.3 Å². The van der Waals surface area contributed by atoms with Gasteiger partial charge in [-0.25, -0.2) is 0 Å². The van der Waals surface area contributed by atoms with E-state index < -0.39 is 0 Å². The number of hydrogen-bond acceptors (Lipinski definition) is 3. The van der Waals surface area contributed by atoms with Crippen LogP contribution in [0.1, 0.15) is 45.5 Å². The molecule has 0 spiro atoms. The van der Waals surface area contributed by atoms with E-state index in [1.807, 2.05) is 25.3 Å². The van der Waals surface area contributed by atoms with Gasteiger partial charge in [0.15, 0.2) is 0 Å². The van der Waals surface area contributed by atoms with Crippen molar-refractivity contribution in [2.45, 2.75) is 45.1 Å². The molecule has 5 heteroatoms. The molecule has 2 aromatic rings. The molecule has 0 fully saturated rings. The lowest BCUT2D eigenvalue weighted by Crippen LogP contribution is -2.12. The summed E-state index contributed by atoms with van der Waals surface area (Å²) in [4.78, 5) is 2.83. The first-order valence-electron chi connectivity index (χ1n) is 7.11. The SMILES string of the molecule is Cc1nn(C)c(Cl)c1CC(N)c1cc2c(s1)CCCC2. The highest BCUT2D eigenvalue weighted by molar-refractivity contribution is 7.12. The van der Waals surface area contributed by atoms with Crippen LogP contribution >= 0.6 is 22.9 Å². The van der Waals surface area contributed by atoms with Crippen LogP contribution in [0, 0.1) is 6.92 Å². The van der Waals surface area contributed by atoms with E-state index in [9.17, 15) is 0 Å². The number of nitrogens with zero attached hydrogens (tertiary/aromatic N) is 2. The normalized spacial score (nSPS) is 16.2. The summed E-state index contributed by atoms with van der Waals surface area (Å²) >= 11 is 8.18. The molecule has 0 aliphatic heterocycles. The second-order valence-electron chi connectivity index (χ2n) is 5.59. The zero-order valence-electron chi connectivity index (χ0n) is 11.9. The van der Waals surface area contributed by atoms with Crippen LogP contribution in [0.4, 0.5) is 0 Å². The van der Waals surface area contributed by atoms with Crippen LogP contribution in [0.25, 0.3) is 0 Å². The van der Waals surface area contributed by atoms with Crippen molar-refractivity contribution in [1.29, 1.82) is 0 Å². The van der Waals surface area contributed by atoms with Gasteiger partial charge in [0, 0.05) is 28.4 Å². The largest absolute Gasteiger partial charge is 0.323 e. The van der Waals surface area contributed by atoms with Gasteiger partial charge in [-0.3, -0.25) is 4.68 Å². The molecule has 0 bridgehead atoms. The molecule has 0 saturated heterocycles. The summed E-state index contributed by atoms with van der Waals surface area (Å²) in [5.41, 5.74) is 9.97. The van der Waals surface area contributed by atoms with Crippen molar-refractivity contribution in [1.82, 2.24) is 9.78 Å². The van der Waals surface area contributed by atoms with Crippen LogP contribution in [-0.4, -0.2) is 9.78 Å². The van der Waals surface area contributed by atoms with Gasteiger partial charge in [-0.2, -0.15) is 5.10 Å². The van der Waals surface area contributed by atoms with E-state index in [-0.39, 0.29) is 6.04 Å². The van der Waals surface area contributed by atoms with Gasteiger partial charge in [0.05, 0.1) is 5.69 Å². The molecule has 1 atom stereocenters. The van der Waals surface area contributed by atoms with E-state index in [0.717, 1.165) is 17.7 Å². The minimum absolute atomic E-state index is 0.0194. The molecule has 0 radical (unpaired) electrons. The molecule has 0 aromatic carbocycles. The molecule has 1 unspecified atom stereocenters. The number of hydrogen-bond donors (Lipinski definition) is 1. The highest BCUT2D eigenvalue weighted by Gasteiger charge is 2.20. The number of aromatic nitrogens is 2. The van der Waals surface area contributed by atoms with Crippen LogP contribution in [0.2, 0.25) is 5.15 Å². The Balaban J connectivity index is 1.82. The molecule has 20 heavy (non-hydrogen) atoms. The van der Waals surface area contributed by atoms with Crippen molar-refractivity contribution in [3.63, 3.8) is 0 Å². The molecule has 2 heterocycles. The van der Waals surface area contributed by atoms with Gasteiger partial charge in [0.2, 0.25) is 0 Å². The molecule has 2 aromatic heterocycles. The summed E-state index contributed by atoms with van der Waals surface area (Å²) in [5.74, 6) is 0. The lowest BCUT2D eigenvalue weighted by Gasteiger charge is -2.09. The van der Waals surface area contributed by atoms with E-state index in [0.29, 0.717) is 5.15 Å². The topological polar surface area (TPSA) is 43.8 Å². The van der Waals surface area contributed by atoms with Gasteiger partial charge in [-0.1, -0.05) is 11.6 Å². The zero-order chi connectivity index (χ0) is 14.3. The zero-order valence-corrected chi connectivity index (χ0v) is 13.5. The Hall–Kier alpha value is -0.840. The maximum Gasteiger partial charge on any atom is 0.130 e. The standard InChI is InChI=1S/C15H20ClN3S/c1-9-11(15(16)19(2)18-9)8-12(17)14-7-10-5-3-4-6-13(10)20-14/h7,12H,3-6,8,17H2,1-2H3. The predicted octanol–water partition coefficient (Wildman–Crippen LogP) is 3.56. The maximum atomic E-state index is 6.40. The van der Waals surface area contributed by atoms with Crippen LogP contribution in [0.3, 0.4) is 0 Å². The Labute approximate surface area is 128 Å². The summed E-state index contributed by atoms with van der Waals surface area (Å²) in [6, 6.07) is 2.33. The molecular formula is C15H20ClN3S. The Morgan fingerprint density at radius 3 is 2.85 bits per heavy atom. The molecule has 108 valence electrons. The van der Waals surface area contributed by atoms with Gasteiger partial charge in [-0.05, 0) is 50.7 Å². The highest BCUT2D eigenvalue weighted by atomic mass is 35.5. The molecule has 0 amide bonds. The lowest BCUT2D eigenvalue weighted by atomic mass is 9.98. The third-order valence-electron chi connectivity index (χ3n) is 4.08. The van der Waals surface area contributed by atoms with Gasteiger partial charge in [0.1, 0.15) is 5.15 Å². The summed E-state index contributed by atoms with van der Waals surface area (Å²) in [6.45, 7) is 1.99. The average Bonchev–Trinajstić information content (AvgIpc) is 2.95. The fourth-order valence-corrected chi connectivity index (χ4v) is 4.43. The molecule has 1 aliphatic rings. The fourth-order valence-electron chi connectivity index (χ4n) is 2.92. The Kier molecular flexibility index (Phi) is 3.89. The van der Waals surface area contributed by atoms with Crippen LogP contribution in [0.15, 0.2) is 6.07 Å². The minimum Gasteiger partial charge on any atom is -0.323 e. The van der Waals surface area contributed by atoms with Crippen LogP contribution < -0.4 is 5.73 Å². The first-order valence-corrected chi connectivity index (χ1v) is 8.30. The second kappa shape index (κ2) is 5.51. The summed E-state index contributed by atoms with van der Waals surface area (Å²) in [6.07, 6.45) is 5.82. The quantitative estimate of drug-likeness (QED) is 0.942. The number of rotatable bonds is 3.